The number of benzene rings is 1. The van der Waals surface area contributed by atoms with Crippen molar-refractivity contribution in [2.45, 2.75) is 27.2 Å². The van der Waals surface area contributed by atoms with Crippen LogP contribution in [0.5, 0.6) is 0 Å². The maximum absolute atomic E-state index is 12.3. The Morgan fingerprint density at radius 2 is 1.82 bits per heavy atom. The molecule has 0 saturated carbocycles. The molecule has 0 aliphatic carbocycles. The number of carbonyl (C=O) groups is 3. The minimum Gasteiger partial charge on any atom is -0.462 e. The first-order valence-corrected chi connectivity index (χ1v) is 9.77. The van der Waals surface area contributed by atoms with Crippen molar-refractivity contribution in [2.24, 2.45) is 0 Å². The zero-order valence-corrected chi connectivity index (χ0v) is 16.9. The molecule has 0 aliphatic rings. The number of hydrogen-bond acceptors (Lipinski definition) is 6. The molecule has 1 N–H and O–H groups in total. The molecule has 0 atom stereocenters. The zero-order chi connectivity index (χ0) is 20.5. The largest absolute Gasteiger partial charge is 0.462 e. The fourth-order valence-electron chi connectivity index (χ4n) is 2.59. The Morgan fingerprint density at radius 1 is 1.11 bits per heavy atom. The normalized spacial score (nSPS) is 10.7. The minimum atomic E-state index is -0.624. The molecule has 1 amide bonds. The predicted octanol–water partition coefficient (Wildman–Crippen LogP) is 3.99. The van der Waals surface area contributed by atoms with Gasteiger partial charge in [-0.2, -0.15) is 0 Å². The van der Waals surface area contributed by atoms with Gasteiger partial charge in [0, 0.05) is 11.0 Å². The van der Waals surface area contributed by atoms with E-state index in [4.69, 9.17) is 9.47 Å². The highest BCUT2D eigenvalue weighted by atomic mass is 32.1. The molecule has 2 aromatic rings. The zero-order valence-electron chi connectivity index (χ0n) is 16.1. The quantitative estimate of drug-likeness (QED) is 0.534. The van der Waals surface area contributed by atoms with Crippen LogP contribution in [0.25, 0.3) is 6.08 Å². The first kappa shape index (κ1) is 21.4. The summed E-state index contributed by atoms with van der Waals surface area (Å²) in [4.78, 5) is 37.2. The lowest BCUT2D eigenvalue weighted by Gasteiger charge is -2.08. The van der Waals surface area contributed by atoms with Gasteiger partial charge in [-0.25, -0.2) is 9.59 Å². The predicted molar refractivity (Wildman–Crippen MR) is 109 cm³/mol. The van der Waals surface area contributed by atoms with E-state index in [0.29, 0.717) is 17.0 Å². The van der Waals surface area contributed by atoms with Gasteiger partial charge in [0.25, 0.3) is 5.91 Å². The molecule has 6 nitrogen and oxygen atoms in total. The number of hydrogen-bond donors (Lipinski definition) is 1. The van der Waals surface area contributed by atoms with Gasteiger partial charge in [0.05, 0.1) is 12.2 Å². The molecule has 0 spiro atoms. The van der Waals surface area contributed by atoms with Gasteiger partial charge in [-0.15, -0.1) is 11.3 Å². The van der Waals surface area contributed by atoms with Crippen LogP contribution in [-0.4, -0.2) is 31.1 Å². The monoisotopic (exact) mass is 401 g/mol. The second-order valence-corrected chi connectivity index (χ2v) is 7.04. The Bertz CT molecular complexity index is 870. The summed E-state index contributed by atoms with van der Waals surface area (Å²) in [6, 6.07) is 9.27. The minimum absolute atomic E-state index is 0.246. The molecule has 0 fully saturated rings. The molecule has 0 bridgehead atoms. The number of anilines is 1. The van der Waals surface area contributed by atoms with Crippen molar-refractivity contribution in [2.75, 3.05) is 18.5 Å². The van der Waals surface area contributed by atoms with Crippen LogP contribution in [0.3, 0.4) is 0 Å². The van der Waals surface area contributed by atoms with E-state index in [1.54, 1.807) is 13.0 Å². The number of ether oxygens (including phenoxy) is 2. The van der Waals surface area contributed by atoms with E-state index in [1.807, 2.05) is 44.2 Å². The molecule has 0 aliphatic heterocycles. The number of thiophene rings is 1. The van der Waals surface area contributed by atoms with Crippen LogP contribution < -0.4 is 5.32 Å². The van der Waals surface area contributed by atoms with Crippen LogP contribution in [0, 0.1) is 6.92 Å². The Hall–Kier alpha value is -2.93. The molecule has 28 heavy (non-hydrogen) atoms. The fraction of sp³-hybridized carbons (Fsp3) is 0.286. The molecule has 2 rings (SSSR count). The maximum Gasteiger partial charge on any atom is 0.341 e. The van der Waals surface area contributed by atoms with E-state index >= 15 is 0 Å². The van der Waals surface area contributed by atoms with Crippen molar-refractivity contribution in [3.8, 4) is 0 Å². The highest BCUT2D eigenvalue weighted by Crippen LogP contribution is 2.34. The molecular weight excluding hydrogens is 378 g/mol. The number of carbonyl (C=O) groups excluding carboxylic acids is 3. The van der Waals surface area contributed by atoms with Crippen molar-refractivity contribution in [3.05, 3.63) is 58.0 Å². The molecule has 148 valence electrons. The van der Waals surface area contributed by atoms with Crippen molar-refractivity contribution in [1.82, 2.24) is 0 Å². The highest BCUT2D eigenvalue weighted by Gasteiger charge is 2.23. The summed E-state index contributed by atoms with van der Waals surface area (Å²) in [6.45, 7) is 5.35. The van der Waals surface area contributed by atoms with E-state index in [1.165, 1.54) is 17.4 Å². The van der Waals surface area contributed by atoms with Crippen LogP contribution in [0.1, 0.15) is 40.2 Å². The third-order valence-corrected chi connectivity index (χ3v) is 4.91. The van der Waals surface area contributed by atoms with Crippen LogP contribution >= 0.6 is 11.3 Å². The Kier molecular flexibility index (Phi) is 7.95. The smallest absolute Gasteiger partial charge is 0.341 e. The van der Waals surface area contributed by atoms with Crippen LogP contribution in [-0.2, 0) is 25.5 Å². The summed E-state index contributed by atoms with van der Waals surface area (Å²) in [5, 5.41) is 3.06. The number of amides is 1. The van der Waals surface area contributed by atoms with Crippen molar-refractivity contribution in [1.29, 1.82) is 0 Å². The third kappa shape index (κ3) is 5.79. The van der Waals surface area contributed by atoms with Gasteiger partial charge in [-0.3, -0.25) is 4.79 Å². The van der Waals surface area contributed by atoms with Crippen molar-refractivity contribution in [3.63, 3.8) is 0 Å². The molecule has 7 heteroatoms. The second-order valence-electron chi connectivity index (χ2n) is 5.81. The number of rotatable bonds is 8. The highest BCUT2D eigenvalue weighted by molar-refractivity contribution is 7.16. The molecule has 0 radical (unpaired) electrons. The second kappa shape index (κ2) is 10.4. The van der Waals surface area contributed by atoms with Gasteiger partial charge in [0.15, 0.2) is 6.61 Å². The standard InChI is InChI=1S/C21H23NO5S/c1-4-16-14(3)28-20(19(16)21(25)26-5-2)22-17(23)13-27-18(24)12-11-15-9-7-6-8-10-15/h6-12H,4-5,13H2,1-3H3,(H,22,23)/b12-11+. The molecule has 1 aromatic heterocycles. The summed E-state index contributed by atoms with van der Waals surface area (Å²) in [5.74, 6) is -1.61. The summed E-state index contributed by atoms with van der Waals surface area (Å²) >= 11 is 1.30. The molecular formula is C21H23NO5S. The van der Waals surface area contributed by atoms with Gasteiger partial charge >= 0.3 is 11.9 Å². The summed E-state index contributed by atoms with van der Waals surface area (Å²) in [6.07, 6.45) is 3.51. The van der Waals surface area contributed by atoms with Crippen LogP contribution in [0.15, 0.2) is 36.4 Å². The van der Waals surface area contributed by atoms with E-state index in [0.717, 1.165) is 16.0 Å². The molecule has 0 unspecified atom stereocenters. The average Bonchev–Trinajstić information content (AvgIpc) is 3.00. The Balaban J connectivity index is 1.98. The lowest BCUT2D eigenvalue weighted by Crippen LogP contribution is -2.21. The first-order chi connectivity index (χ1) is 13.5. The number of nitrogens with one attached hydrogen (secondary N) is 1. The van der Waals surface area contributed by atoms with Gasteiger partial charge in [0.1, 0.15) is 5.00 Å². The van der Waals surface area contributed by atoms with Crippen molar-refractivity contribution < 1.29 is 23.9 Å². The first-order valence-electron chi connectivity index (χ1n) is 8.95. The third-order valence-electron chi connectivity index (χ3n) is 3.85. The summed E-state index contributed by atoms with van der Waals surface area (Å²) < 4.78 is 10.1. The maximum atomic E-state index is 12.3. The van der Waals surface area contributed by atoms with Gasteiger partial charge in [-0.1, -0.05) is 37.3 Å². The SMILES string of the molecule is CCOC(=O)c1c(NC(=O)COC(=O)/C=C/c2ccccc2)sc(C)c1CC. The topological polar surface area (TPSA) is 81.7 Å². The van der Waals surface area contributed by atoms with E-state index < -0.39 is 24.5 Å². The fourth-order valence-corrected chi connectivity index (χ4v) is 3.74. The Morgan fingerprint density at radius 3 is 2.46 bits per heavy atom. The average molecular weight is 401 g/mol. The van der Waals surface area contributed by atoms with Crippen LogP contribution in [0.4, 0.5) is 5.00 Å². The number of aryl methyl sites for hydroxylation is 1. The lowest BCUT2D eigenvalue weighted by atomic mass is 10.1. The van der Waals surface area contributed by atoms with Gasteiger partial charge in [-0.05, 0) is 37.5 Å². The van der Waals surface area contributed by atoms with E-state index in [2.05, 4.69) is 5.32 Å². The van der Waals surface area contributed by atoms with Gasteiger partial charge < -0.3 is 14.8 Å². The molecule has 0 saturated heterocycles. The van der Waals surface area contributed by atoms with Crippen LogP contribution in [0.2, 0.25) is 0 Å². The summed E-state index contributed by atoms with van der Waals surface area (Å²) in [5.41, 5.74) is 2.07. The number of esters is 2. The van der Waals surface area contributed by atoms with E-state index in [9.17, 15) is 14.4 Å². The summed E-state index contributed by atoms with van der Waals surface area (Å²) in [7, 11) is 0. The lowest BCUT2D eigenvalue weighted by molar-refractivity contribution is -0.142. The molecule has 1 heterocycles. The Labute approximate surface area is 168 Å². The van der Waals surface area contributed by atoms with Crippen molar-refractivity contribution >= 4 is 40.3 Å². The van der Waals surface area contributed by atoms with Gasteiger partial charge in [0.2, 0.25) is 0 Å². The van der Waals surface area contributed by atoms with E-state index in [-0.39, 0.29) is 6.61 Å². The molecule has 1 aromatic carbocycles.